The zero-order valence-electron chi connectivity index (χ0n) is 30.7. The molecule has 0 amide bonds. The fraction of sp³-hybridized carbons (Fsp3) is 0.825. The highest BCUT2D eigenvalue weighted by Gasteiger charge is 2.92. The maximum atomic E-state index is 14.7. The van der Waals surface area contributed by atoms with E-state index in [0.717, 1.165) is 44.5 Å². The highest BCUT2D eigenvalue weighted by molar-refractivity contribution is 5.92. The van der Waals surface area contributed by atoms with E-state index in [-0.39, 0.29) is 42.7 Å². The number of ketones is 1. The molecule has 0 aromatic carbocycles. The van der Waals surface area contributed by atoms with E-state index in [2.05, 4.69) is 17.6 Å². The van der Waals surface area contributed by atoms with E-state index >= 15 is 0 Å². The summed E-state index contributed by atoms with van der Waals surface area (Å²) in [6, 6.07) is 2.40. The number of rotatable bonds is 6. The van der Waals surface area contributed by atoms with Crippen LogP contribution in [0, 0.1) is 57.7 Å². The monoisotopic (exact) mass is 722 g/mol. The molecule has 5 saturated heterocycles. The smallest absolute Gasteiger partial charge is 0.339 e. The molecule has 9 aliphatic rings. The maximum Gasteiger partial charge on any atom is 0.339 e. The van der Waals surface area contributed by atoms with Gasteiger partial charge in [0.1, 0.15) is 30.2 Å². The molecular formula is C40H54N2O10. The summed E-state index contributed by atoms with van der Waals surface area (Å²) >= 11 is 0. The van der Waals surface area contributed by atoms with Crippen molar-refractivity contribution in [3.8, 4) is 0 Å². The molecular weight excluding hydrogens is 668 g/mol. The number of esters is 2. The minimum Gasteiger partial charge on any atom is -0.469 e. The zero-order valence-corrected chi connectivity index (χ0v) is 30.7. The SMILES string of the molecule is CC1(C)O[C@H]2[C@@H]3CC[C@@H]4C[C@@]5(C)[C@H](c6ccoc6C[C@H](CO)C6CCC([C@H]7CNCN7)CC6)OC(=O)[C@H]6O[C@]65[C@]5(C)[C@H](O)C(=O)[C@H]1[C@@]2(COC3=O)[C@@H]45. The third-order valence-corrected chi connectivity index (χ3v) is 16.6. The third-order valence-electron chi connectivity index (χ3n) is 16.6. The molecule has 52 heavy (non-hydrogen) atoms. The van der Waals surface area contributed by atoms with Crippen LogP contribution in [-0.4, -0.2) is 89.9 Å². The van der Waals surface area contributed by atoms with Crippen molar-refractivity contribution >= 4 is 17.7 Å². The topological polar surface area (TPSA) is 169 Å². The van der Waals surface area contributed by atoms with Gasteiger partial charge in [0.05, 0.1) is 29.8 Å². The van der Waals surface area contributed by atoms with Crippen LogP contribution in [0.2, 0.25) is 0 Å². The predicted octanol–water partition coefficient (Wildman–Crippen LogP) is 2.83. The van der Waals surface area contributed by atoms with Gasteiger partial charge in [0.25, 0.3) is 0 Å². The highest BCUT2D eigenvalue weighted by Crippen LogP contribution is 2.82. The summed E-state index contributed by atoms with van der Waals surface area (Å²) < 4.78 is 32.0. The zero-order chi connectivity index (χ0) is 36.2. The average molecular weight is 723 g/mol. The summed E-state index contributed by atoms with van der Waals surface area (Å²) in [5, 5.41) is 30.2. The lowest BCUT2D eigenvalue weighted by molar-refractivity contribution is -0.266. The Labute approximate surface area is 304 Å². The summed E-state index contributed by atoms with van der Waals surface area (Å²) in [6.45, 7) is 9.81. The fourth-order valence-electron chi connectivity index (χ4n) is 14.8. The van der Waals surface area contributed by atoms with Crippen molar-refractivity contribution in [1.82, 2.24) is 10.6 Å². The van der Waals surface area contributed by atoms with Crippen molar-refractivity contribution < 1.29 is 48.0 Å². The molecule has 0 radical (unpaired) electrons. The second-order valence-electron chi connectivity index (χ2n) is 19.0. The molecule has 284 valence electrons. The summed E-state index contributed by atoms with van der Waals surface area (Å²) in [5.74, 6) is -0.946. The van der Waals surface area contributed by atoms with Crippen LogP contribution in [0.5, 0.6) is 0 Å². The highest BCUT2D eigenvalue weighted by atomic mass is 16.7. The van der Waals surface area contributed by atoms with Gasteiger partial charge < -0.3 is 44.2 Å². The van der Waals surface area contributed by atoms with Gasteiger partial charge in [-0.1, -0.05) is 13.8 Å². The minimum atomic E-state index is -1.42. The Morgan fingerprint density at radius 2 is 1.73 bits per heavy atom. The predicted molar refractivity (Wildman–Crippen MR) is 182 cm³/mol. The number of ether oxygens (including phenoxy) is 4. The largest absolute Gasteiger partial charge is 0.469 e. The molecule has 2 bridgehead atoms. The van der Waals surface area contributed by atoms with Crippen LogP contribution < -0.4 is 10.6 Å². The van der Waals surface area contributed by atoms with Crippen molar-refractivity contribution in [3.05, 3.63) is 23.7 Å². The quantitative estimate of drug-likeness (QED) is 0.251. The molecule has 12 heteroatoms. The van der Waals surface area contributed by atoms with Crippen LogP contribution in [0.4, 0.5) is 0 Å². The van der Waals surface area contributed by atoms with Crippen LogP contribution in [0.25, 0.3) is 0 Å². The Kier molecular flexibility index (Phi) is 7.31. The van der Waals surface area contributed by atoms with Crippen molar-refractivity contribution in [2.45, 2.75) is 121 Å². The first-order chi connectivity index (χ1) is 24.8. The molecule has 10 rings (SSSR count). The van der Waals surface area contributed by atoms with Crippen LogP contribution in [0.1, 0.15) is 90.1 Å². The van der Waals surface area contributed by atoms with E-state index in [1.165, 1.54) is 0 Å². The van der Waals surface area contributed by atoms with Crippen LogP contribution >= 0.6 is 0 Å². The number of carbonyl (C=O) groups is 3. The number of carbonyl (C=O) groups excluding carboxylic acids is 3. The second-order valence-corrected chi connectivity index (χ2v) is 19.0. The first-order valence-electron chi connectivity index (χ1n) is 19.9. The number of aliphatic hydroxyl groups excluding tert-OH is 2. The number of epoxide rings is 1. The molecule has 0 unspecified atom stereocenters. The normalized spacial score (nSPS) is 51.7. The number of nitrogens with one attached hydrogen (secondary N) is 2. The maximum absolute atomic E-state index is 14.7. The second kappa shape index (κ2) is 11.1. The van der Waals surface area contributed by atoms with Gasteiger partial charge in [-0.15, -0.1) is 0 Å². The molecule has 1 aromatic heterocycles. The molecule has 1 aromatic rings. The minimum absolute atomic E-state index is 0.00471. The molecule has 4 aliphatic carbocycles. The molecule has 14 atom stereocenters. The number of Topliss-reactive ketones (excluding diaryl/α,β-unsaturated/α-hetero) is 1. The molecule has 12 nitrogen and oxygen atoms in total. The number of cyclic esters (lactones) is 2. The van der Waals surface area contributed by atoms with Gasteiger partial charge in [-0.2, -0.15) is 0 Å². The average Bonchev–Trinajstić information content (AvgIpc) is 3.37. The number of furan rings is 1. The van der Waals surface area contributed by atoms with Crippen molar-refractivity contribution in [2.75, 3.05) is 26.4 Å². The number of hydrogen-bond donors (Lipinski definition) is 4. The Morgan fingerprint density at radius 1 is 0.962 bits per heavy atom. The molecule has 9 fully saturated rings. The summed E-state index contributed by atoms with van der Waals surface area (Å²) in [5.41, 5.74) is -4.24. The first-order valence-corrected chi connectivity index (χ1v) is 19.9. The van der Waals surface area contributed by atoms with Crippen molar-refractivity contribution in [3.63, 3.8) is 0 Å². The molecule has 5 aliphatic heterocycles. The lowest BCUT2D eigenvalue weighted by Gasteiger charge is -2.68. The van der Waals surface area contributed by atoms with Gasteiger partial charge in [-0.05, 0) is 94.4 Å². The van der Waals surface area contributed by atoms with Crippen LogP contribution in [-0.2, 0) is 39.8 Å². The number of hydrogen-bond acceptors (Lipinski definition) is 12. The van der Waals surface area contributed by atoms with Gasteiger partial charge in [0, 0.05) is 54.1 Å². The molecule has 2 spiro atoms. The Morgan fingerprint density at radius 3 is 2.46 bits per heavy atom. The van der Waals surface area contributed by atoms with E-state index in [4.69, 9.17) is 23.4 Å². The lowest BCUT2D eigenvalue weighted by atomic mass is 9.34. The number of aliphatic hydroxyl groups is 2. The summed E-state index contributed by atoms with van der Waals surface area (Å²) in [7, 11) is 0. The van der Waals surface area contributed by atoms with Crippen molar-refractivity contribution in [1.29, 1.82) is 0 Å². The third kappa shape index (κ3) is 4.02. The Hall–Kier alpha value is -2.35. The van der Waals surface area contributed by atoms with Crippen LogP contribution in [0.3, 0.4) is 0 Å². The van der Waals surface area contributed by atoms with E-state index in [1.807, 2.05) is 26.8 Å². The Balaban J connectivity index is 1.02. The lowest BCUT2D eigenvalue weighted by Crippen LogP contribution is -2.77. The summed E-state index contributed by atoms with van der Waals surface area (Å²) in [6.07, 6.45) is 4.70. The molecule has 4 saturated carbocycles. The summed E-state index contributed by atoms with van der Waals surface area (Å²) in [4.78, 5) is 42.1. The van der Waals surface area contributed by atoms with Gasteiger partial charge >= 0.3 is 11.9 Å². The van der Waals surface area contributed by atoms with E-state index in [0.29, 0.717) is 49.3 Å². The standard InChI is InChI=1S/C40H54N2O10/c1-36(2)29-27(44)30(45)38(4)28-21(9-10-24-32(51-36)39(28,29)17-49-34(24)46)14-37(3)31(50-35(47)33-40(37,38)52-33)23-11-12-48-26(23)13-22(16-43)19-5-7-20(8-6-19)25-15-41-18-42-25/h11-12,19-22,24-25,28-33,41-43,45H,5-10,13-18H2,1-4H3/t19?,20?,21-,22-,24+,25-,28+,29-,30-,31+,32+,33-,37+,38+,39-,40-/m1/s1. The van der Waals surface area contributed by atoms with Crippen LogP contribution in [0.15, 0.2) is 16.7 Å². The molecule has 6 heterocycles. The van der Waals surface area contributed by atoms with E-state index in [9.17, 15) is 24.6 Å². The van der Waals surface area contributed by atoms with E-state index < -0.39 is 69.7 Å². The van der Waals surface area contributed by atoms with Gasteiger partial charge in [0.15, 0.2) is 11.9 Å². The van der Waals surface area contributed by atoms with Gasteiger partial charge in [0.2, 0.25) is 0 Å². The van der Waals surface area contributed by atoms with E-state index in [1.54, 1.807) is 6.26 Å². The van der Waals surface area contributed by atoms with Gasteiger partial charge in [-0.3, -0.25) is 9.59 Å². The molecule has 4 N–H and O–H groups in total. The van der Waals surface area contributed by atoms with Crippen molar-refractivity contribution in [2.24, 2.45) is 57.7 Å². The fourth-order valence-corrected chi connectivity index (χ4v) is 14.8. The Bertz CT molecular complexity index is 1680. The van der Waals surface area contributed by atoms with Gasteiger partial charge in [-0.25, -0.2) is 4.79 Å². The first kappa shape index (κ1) is 34.2.